The largest absolute Gasteiger partial charge is 0.573 e. The van der Waals surface area contributed by atoms with Gasteiger partial charge in [-0.25, -0.2) is 15.0 Å². The van der Waals surface area contributed by atoms with Crippen LogP contribution in [0.25, 0.3) is 11.4 Å². The van der Waals surface area contributed by atoms with Gasteiger partial charge in [-0.05, 0) is 52.9 Å². The number of piperidine rings is 1. The van der Waals surface area contributed by atoms with E-state index in [4.69, 9.17) is 4.98 Å². The van der Waals surface area contributed by atoms with Crippen LogP contribution in [-0.2, 0) is 6.54 Å². The number of halogens is 3. The predicted octanol–water partition coefficient (Wildman–Crippen LogP) is 3.68. The van der Waals surface area contributed by atoms with Gasteiger partial charge < -0.3 is 25.0 Å². The second-order valence-electron chi connectivity index (χ2n) is 10.9. The first-order valence-electron chi connectivity index (χ1n) is 12.4. The molecule has 10 nitrogen and oxygen atoms in total. The molecule has 5 heterocycles. The zero-order valence-electron chi connectivity index (χ0n) is 21.5. The maximum Gasteiger partial charge on any atom is 0.573 e. The smallest absolute Gasteiger partial charge is 0.406 e. The number of alkyl halides is 3. The maximum atomic E-state index is 12.7. The van der Waals surface area contributed by atoms with Crippen LogP contribution in [0.2, 0.25) is 0 Å². The lowest BCUT2D eigenvalue weighted by molar-refractivity contribution is -0.274. The van der Waals surface area contributed by atoms with E-state index in [9.17, 15) is 18.3 Å². The molecule has 2 N–H and O–H groups in total. The average Bonchev–Trinajstić information content (AvgIpc) is 3.24. The lowest BCUT2D eigenvalue weighted by atomic mass is 9.72. The van der Waals surface area contributed by atoms with Crippen LogP contribution < -0.4 is 15.0 Å². The molecule has 0 radical (unpaired) electrons. The molecule has 13 heteroatoms. The summed E-state index contributed by atoms with van der Waals surface area (Å²) in [4.78, 5) is 18.0. The van der Waals surface area contributed by atoms with Crippen molar-refractivity contribution in [3.63, 3.8) is 0 Å². The topological polar surface area (TPSA) is 104 Å². The first-order chi connectivity index (χ1) is 17.8. The zero-order valence-corrected chi connectivity index (χ0v) is 21.5. The van der Waals surface area contributed by atoms with Gasteiger partial charge in [-0.15, -0.1) is 13.2 Å². The van der Waals surface area contributed by atoms with Crippen LogP contribution in [0.4, 0.5) is 30.6 Å². The fraction of sp³-hybridized carbons (Fsp3) is 0.520. The van der Waals surface area contributed by atoms with Crippen molar-refractivity contribution < 1.29 is 23.0 Å². The van der Waals surface area contributed by atoms with Gasteiger partial charge in [0.2, 0.25) is 0 Å². The molecule has 2 fully saturated rings. The van der Waals surface area contributed by atoms with Crippen LogP contribution in [0.15, 0.2) is 36.8 Å². The highest BCUT2D eigenvalue weighted by Gasteiger charge is 2.45. The molecule has 0 atom stereocenters. The van der Waals surface area contributed by atoms with Crippen molar-refractivity contribution in [1.29, 1.82) is 0 Å². The summed E-state index contributed by atoms with van der Waals surface area (Å²) in [6.45, 7) is 7.57. The van der Waals surface area contributed by atoms with Gasteiger partial charge in [0, 0.05) is 43.0 Å². The summed E-state index contributed by atoms with van der Waals surface area (Å²) >= 11 is 0. The summed E-state index contributed by atoms with van der Waals surface area (Å²) in [5, 5.41) is 17.5. The Morgan fingerprint density at radius 1 is 1.11 bits per heavy atom. The third kappa shape index (κ3) is 6.33. The number of hydrogen-bond acceptors (Lipinski definition) is 9. The summed E-state index contributed by atoms with van der Waals surface area (Å²) in [6, 6.07) is 4.06. The number of aromatic nitrogens is 5. The Hall–Kier alpha value is -3.45. The molecule has 38 heavy (non-hydrogen) atoms. The van der Waals surface area contributed by atoms with E-state index in [1.807, 2.05) is 0 Å². The molecule has 0 unspecified atom stereocenters. The molecule has 1 spiro atoms. The van der Waals surface area contributed by atoms with E-state index in [0.29, 0.717) is 23.0 Å². The second kappa shape index (κ2) is 9.70. The standard InChI is InChI=1S/C25H31F3N8O2/c1-23(2,37)14-36-13-17(12-30-36)22-32-20(31-19-10-18(4-7-29-19)38-25(26,27)28)11-21(33-22)35-15-24(16-35)5-8-34(3)9-6-24/h4,7,10-13,37H,5-6,8-9,14-16H2,1-3H3,(H,29,31,32,33). The molecular weight excluding hydrogens is 501 g/mol. The Balaban J connectivity index is 1.42. The third-order valence-electron chi connectivity index (χ3n) is 6.80. The van der Waals surface area contributed by atoms with Gasteiger partial charge in [0.15, 0.2) is 5.82 Å². The number of nitrogens with zero attached hydrogens (tertiary/aromatic N) is 7. The minimum absolute atomic E-state index is 0.149. The van der Waals surface area contributed by atoms with Crippen LogP contribution in [0.5, 0.6) is 5.75 Å². The fourth-order valence-corrected chi connectivity index (χ4v) is 4.89. The quantitative estimate of drug-likeness (QED) is 0.472. The molecule has 0 amide bonds. The third-order valence-corrected chi connectivity index (χ3v) is 6.80. The zero-order chi connectivity index (χ0) is 27.1. The van der Waals surface area contributed by atoms with Gasteiger partial charge in [0.25, 0.3) is 0 Å². The molecule has 0 aromatic carbocycles. The van der Waals surface area contributed by atoms with Crippen LogP contribution in [-0.4, -0.2) is 79.9 Å². The molecule has 3 aromatic rings. The number of ether oxygens (including phenoxy) is 1. The van der Waals surface area contributed by atoms with Crippen molar-refractivity contribution in [1.82, 2.24) is 29.6 Å². The Morgan fingerprint density at radius 2 is 1.84 bits per heavy atom. The number of aliphatic hydroxyl groups is 1. The Bertz CT molecular complexity index is 1270. The van der Waals surface area contributed by atoms with E-state index in [1.165, 1.54) is 6.20 Å². The number of hydrogen-bond donors (Lipinski definition) is 2. The lowest BCUT2D eigenvalue weighted by Gasteiger charge is -2.54. The van der Waals surface area contributed by atoms with Crippen LogP contribution in [0, 0.1) is 5.41 Å². The second-order valence-corrected chi connectivity index (χ2v) is 10.9. The van der Waals surface area contributed by atoms with Gasteiger partial charge in [0.05, 0.1) is 23.9 Å². The molecule has 3 aromatic heterocycles. The summed E-state index contributed by atoms with van der Waals surface area (Å²) in [6.07, 6.45) is 2.06. The fourth-order valence-electron chi connectivity index (χ4n) is 4.89. The number of pyridine rings is 1. The van der Waals surface area contributed by atoms with Crippen molar-refractivity contribution >= 4 is 17.5 Å². The summed E-state index contributed by atoms with van der Waals surface area (Å²) < 4.78 is 43.7. The highest BCUT2D eigenvalue weighted by atomic mass is 19.4. The normalized spacial score (nSPS) is 17.9. The van der Waals surface area contributed by atoms with E-state index < -0.39 is 12.0 Å². The van der Waals surface area contributed by atoms with E-state index in [-0.39, 0.29) is 23.5 Å². The van der Waals surface area contributed by atoms with E-state index in [0.717, 1.165) is 51.2 Å². The molecule has 0 bridgehead atoms. The van der Waals surface area contributed by atoms with Crippen molar-refractivity contribution in [2.24, 2.45) is 5.41 Å². The molecule has 204 valence electrons. The molecule has 2 aliphatic heterocycles. The van der Waals surface area contributed by atoms with Crippen molar-refractivity contribution in [2.45, 2.75) is 45.2 Å². The van der Waals surface area contributed by atoms with Crippen LogP contribution >= 0.6 is 0 Å². The van der Waals surface area contributed by atoms with Gasteiger partial charge in [0.1, 0.15) is 23.2 Å². The number of nitrogens with one attached hydrogen (secondary N) is 1. The number of rotatable bonds is 7. The Kier molecular flexibility index (Phi) is 6.68. The van der Waals surface area contributed by atoms with E-state index >= 15 is 0 Å². The van der Waals surface area contributed by atoms with E-state index in [2.05, 4.69) is 42.0 Å². The van der Waals surface area contributed by atoms with Gasteiger partial charge >= 0.3 is 6.36 Å². The van der Waals surface area contributed by atoms with Gasteiger partial charge in [-0.1, -0.05) is 0 Å². The highest BCUT2D eigenvalue weighted by Crippen LogP contribution is 2.42. The van der Waals surface area contributed by atoms with Crippen molar-refractivity contribution in [2.75, 3.05) is 43.4 Å². The highest BCUT2D eigenvalue weighted by molar-refractivity contribution is 5.64. The minimum Gasteiger partial charge on any atom is -0.406 e. The van der Waals surface area contributed by atoms with Gasteiger partial charge in [-0.2, -0.15) is 5.10 Å². The molecule has 0 saturated carbocycles. The molecule has 2 saturated heterocycles. The van der Waals surface area contributed by atoms with Crippen LogP contribution in [0.1, 0.15) is 26.7 Å². The van der Waals surface area contributed by atoms with Gasteiger partial charge in [-0.3, -0.25) is 4.68 Å². The molecular formula is C25H31F3N8O2. The Morgan fingerprint density at radius 3 is 2.53 bits per heavy atom. The predicted molar refractivity (Wildman–Crippen MR) is 135 cm³/mol. The summed E-state index contributed by atoms with van der Waals surface area (Å²) in [7, 11) is 2.14. The maximum absolute atomic E-state index is 12.7. The first-order valence-corrected chi connectivity index (χ1v) is 12.4. The summed E-state index contributed by atoms with van der Waals surface area (Å²) in [5.41, 5.74) is -0.0302. The minimum atomic E-state index is -4.81. The van der Waals surface area contributed by atoms with Crippen molar-refractivity contribution in [3.8, 4) is 17.1 Å². The number of likely N-dealkylation sites (tertiary alicyclic amines) is 1. The Labute approximate surface area is 218 Å². The monoisotopic (exact) mass is 532 g/mol. The SMILES string of the molecule is CN1CCC2(CC1)CN(c1cc(Nc3cc(OC(F)(F)F)ccn3)nc(-c3cnn(CC(C)(C)O)c3)n1)C2. The first kappa shape index (κ1) is 26.2. The van der Waals surface area contributed by atoms with Crippen molar-refractivity contribution in [3.05, 3.63) is 36.8 Å². The summed E-state index contributed by atoms with van der Waals surface area (Å²) in [5.74, 6) is 1.25. The average molecular weight is 533 g/mol. The van der Waals surface area contributed by atoms with Crippen LogP contribution in [0.3, 0.4) is 0 Å². The molecule has 2 aliphatic rings. The lowest BCUT2D eigenvalue weighted by Crippen LogP contribution is -2.60. The number of anilines is 3. The van der Waals surface area contributed by atoms with E-state index in [1.54, 1.807) is 37.0 Å². The molecule has 0 aliphatic carbocycles. The molecule has 5 rings (SSSR count).